The molecule has 0 aromatic carbocycles. The molecule has 0 saturated carbocycles. The molecule has 2 aromatic rings. The zero-order valence-corrected chi connectivity index (χ0v) is 9.05. The van der Waals surface area contributed by atoms with Crippen LogP contribution in [0.25, 0.3) is 10.7 Å². The molecule has 2 rings (SSSR count). The third-order valence-corrected chi connectivity index (χ3v) is 3.46. The summed E-state index contributed by atoms with van der Waals surface area (Å²) in [7, 11) is 0. The van der Waals surface area contributed by atoms with Crippen LogP contribution < -0.4 is 0 Å². The predicted molar refractivity (Wildman–Crippen MR) is 55.8 cm³/mol. The van der Waals surface area contributed by atoms with Crippen molar-refractivity contribution >= 4 is 27.3 Å². The van der Waals surface area contributed by atoms with Gasteiger partial charge in [-0.05, 0) is 0 Å². The van der Waals surface area contributed by atoms with Gasteiger partial charge in [0, 0.05) is 28.8 Å². The summed E-state index contributed by atoms with van der Waals surface area (Å²) in [4.78, 5) is 13.6. The monoisotopic (exact) mass is 255 g/mol. The summed E-state index contributed by atoms with van der Waals surface area (Å²) in [6.45, 7) is 0. The zero-order valence-electron chi connectivity index (χ0n) is 6.64. The van der Waals surface area contributed by atoms with Crippen molar-refractivity contribution in [2.75, 3.05) is 0 Å². The first-order valence-electron chi connectivity index (χ1n) is 3.67. The van der Waals surface area contributed by atoms with E-state index < -0.39 is 0 Å². The van der Waals surface area contributed by atoms with Crippen molar-refractivity contribution in [2.24, 2.45) is 0 Å². The van der Waals surface area contributed by atoms with E-state index in [1.807, 2.05) is 6.20 Å². The van der Waals surface area contributed by atoms with Crippen molar-refractivity contribution in [1.82, 2.24) is 15.0 Å². The molecule has 0 fully saturated rings. The Morgan fingerprint density at radius 2 is 2.15 bits per heavy atom. The third-order valence-electron chi connectivity index (χ3n) is 1.47. The van der Waals surface area contributed by atoms with Crippen molar-refractivity contribution < 1.29 is 0 Å². The van der Waals surface area contributed by atoms with Gasteiger partial charge >= 0.3 is 0 Å². The molecule has 0 aliphatic heterocycles. The first-order chi connectivity index (χ1) is 6.40. The Hall–Kier alpha value is -0.810. The molecular weight excluding hydrogens is 250 g/mol. The van der Waals surface area contributed by atoms with Crippen molar-refractivity contribution in [2.45, 2.75) is 5.33 Å². The summed E-state index contributed by atoms with van der Waals surface area (Å²) >= 11 is 5.00. The normalized spacial score (nSPS) is 10.2. The summed E-state index contributed by atoms with van der Waals surface area (Å²) < 4.78 is 0. The highest BCUT2D eigenvalue weighted by Crippen LogP contribution is 2.23. The summed E-state index contributed by atoms with van der Waals surface area (Å²) in [5, 5.41) is 1.76. The van der Waals surface area contributed by atoms with E-state index in [2.05, 4.69) is 30.9 Å². The van der Waals surface area contributed by atoms with Crippen LogP contribution in [0.1, 0.15) is 4.88 Å². The molecule has 3 nitrogen and oxygen atoms in total. The Labute approximate surface area is 88.0 Å². The Bertz CT molecular complexity index is 387. The van der Waals surface area contributed by atoms with E-state index in [1.165, 1.54) is 4.88 Å². The van der Waals surface area contributed by atoms with Crippen LogP contribution in [0.4, 0.5) is 0 Å². The fourth-order valence-corrected chi connectivity index (χ4v) is 2.11. The van der Waals surface area contributed by atoms with Gasteiger partial charge in [0.15, 0.2) is 0 Å². The Balaban J connectivity index is 2.36. The van der Waals surface area contributed by atoms with Gasteiger partial charge in [0.2, 0.25) is 0 Å². The molecule has 0 amide bonds. The maximum absolute atomic E-state index is 4.24. The fraction of sp³-hybridized carbons (Fsp3) is 0.125. The van der Waals surface area contributed by atoms with Gasteiger partial charge in [-0.2, -0.15) is 0 Å². The number of nitrogens with zero attached hydrogens (tertiary/aromatic N) is 3. The predicted octanol–water partition coefficient (Wildman–Crippen LogP) is 2.50. The lowest BCUT2D eigenvalue weighted by Crippen LogP contribution is -1.81. The highest BCUT2D eigenvalue weighted by atomic mass is 79.9. The highest BCUT2D eigenvalue weighted by Gasteiger charge is 2.04. The van der Waals surface area contributed by atoms with E-state index >= 15 is 0 Å². The van der Waals surface area contributed by atoms with Crippen LogP contribution in [0.5, 0.6) is 0 Å². The molecule has 5 heteroatoms. The number of thiazole rings is 1. The molecule has 2 heterocycles. The molecule has 0 N–H and O–H groups in total. The largest absolute Gasteiger partial charge is 0.261 e. The topological polar surface area (TPSA) is 38.7 Å². The summed E-state index contributed by atoms with van der Waals surface area (Å²) in [6, 6.07) is 0. The first-order valence-corrected chi connectivity index (χ1v) is 5.61. The van der Waals surface area contributed by atoms with Gasteiger partial charge in [0.25, 0.3) is 0 Å². The van der Waals surface area contributed by atoms with Crippen molar-refractivity contribution in [3.05, 3.63) is 29.7 Å². The van der Waals surface area contributed by atoms with Gasteiger partial charge in [0.1, 0.15) is 10.7 Å². The van der Waals surface area contributed by atoms with Crippen LogP contribution in [-0.2, 0) is 5.33 Å². The van der Waals surface area contributed by atoms with E-state index in [4.69, 9.17) is 0 Å². The number of aromatic nitrogens is 3. The Morgan fingerprint density at radius 3 is 2.77 bits per heavy atom. The SMILES string of the molecule is BrCc1cnc(-c2cnccn2)s1. The summed E-state index contributed by atoms with van der Waals surface area (Å²) in [5.74, 6) is 0. The Kier molecular flexibility index (Phi) is 2.65. The number of halogens is 1. The number of hydrogen-bond donors (Lipinski definition) is 0. The van der Waals surface area contributed by atoms with E-state index in [9.17, 15) is 0 Å². The molecule has 0 atom stereocenters. The number of hydrogen-bond acceptors (Lipinski definition) is 4. The lowest BCUT2D eigenvalue weighted by molar-refractivity contribution is 1.19. The molecule has 0 radical (unpaired) electrons. The van der Waals surface area contributed by atoms with Crippen LogP contribution in [-0.4, -0.2) is 15.0 Å². The van der Waals surface area contributed by atoms with Crippen LogP contribution >= 0.6 is 27.3 Å². The van der Waals surface area contributed by atoms with E-state index in [0.717, 1.165) is 16.0 Å². The van der Waals surface area contributed by atoms with Gasteiger partial charge in [-0.15, -0.1) is 11.3 Å². The maximum atomic E-state index is 4.24. The van der Waals surface area contributed by atoms with Gasteiger partial charge in [0.05, 0.1) is 6.20 Å². The highest BCUT2D eigenvalue weighted by molar-refractivity contribution is 9.08. The zero-order chi connectivity index (χ0) is 9.10. The van der Waals surface area contributed by atoms with Gasteiger partial charge in [-0.3, -0.25) is 9.97 Å². The molecule has 2 aromatic heterocycles. The van der Waals surface area contributed by atoms with Gasteiger partial charge < -0.3 is 0 Å². The molecule has 0 spiro atoms. The molecule has 0 bridgehead atoms. The van der Waals surface area contributed by atoms with Crippen molar-refractivity contribution in [3.63, 3.8) is 0 Å². The summed E-state index contributed by atoms with van der Waals surface area (Å²) in [5.41, 5.74) is 0.833. The van der Waals surface area contributed by atoms with E-state index in [0.29, 0.717) is 0 Å². The molecule has 0 saturated heterocycles. The minimum absolute atomic E-state index is 0.833. The lowest BCUT2D eigenvalue weighted by Gasteiger charge is -1.90. The average Bonchev–Trinajstić information content (AvgIpc) is 2.67. The lowest BCUT2D eigenvalue weighted by atomic mass is 10.5. The first kappa shape index (κ1) is 8.77. The quantitative estimate of drug-likeness (QED) is 0.775. The maximum Gasteiger partial charge on any atom is 0.143 e. The third kappa shape index (κ3) is 1.92. The molecule has 0 aliphatic rings. The van der Waals surface area contributed by atoms with Crippen molar-refractivity contribution in [3.8, 4) is 10.7 Å². The van der Waals surface area contributed by atoms with Crippen LogP contribution in [0.15, 0.2) is 24.8 Å². The van der Waals surface area contributed by atoms with Crippen LogP contribution in [0.2, 0.25) is 0 Å². The minimum atomic E-state index is 0.833. The fourth-order valence-electron chi connectivity index (χ4n) is 0.897. The second-order valence-electron chi connectivity index (χ2n) is 2.36. The molecular formula is C8H6BrN3S. The average molecular weight is 256 g/mol. The number of alkyl halides is 1. The summed E-state index contributed by atoms with van der Waals surface area (Å²) in [6.07, 6.45) is 6.90. The number of rotatable bonds is 2. The second kappa shape index (κ2) is 3.93. The minimum Gasteiger partial charge on any atom is -0.261 e. The van der Waals surface area contributed by atoms with Crippen molar-refractivity contribution in [1.29, 1.82) is 0 Å². The van der Waals surface area contributed by atoms with Crippen LogP contribution in [0, 0.1) is 0 Å². The van der Waals surface area contributed by atoms with Crippen LogP contribution in [0.3, 0.4) is 0 Å². The Morgan fingerprint density at radius 1 is 1.23 bits per heavy atom. The smallest absolute Gasteiger partial charge is 0.143 e. The van der Waals surface area contributed by atoms with E-state index in [-0.39, 0.29) is 0 Å². The standard InChI is InChI=1S/C8H6BrN3S/c9-3-6-4-12-8(13-6)7-5-10-1-2-11-7/h1-2,4-5H,3H2. The van der Waals surface area contributed by atoms with Gasteiger partial charge in [-0.25, -0.2) is 4.98 Å². The second-order valence-corrected chi connectivity index (χ2v) is 4.03. The molecule has 0 aliphatic carbocycles. The molecule has 66 valence electrons. The van der Waals surface area contributed by atoms with E-state index in [1.54, 1.807) is 29.9 Å². The molecule has 13 heavy (non-hydrogen) atoms. The van der Waals surface area contributed by atoms with Gasteiger partial charge in [-0.1, -0.05) is 15.9 Å². The molecule has 0 unspecified atom stereocenters.